The van der Waals surface area contributed by atoms with Crippen molar-refractivity contribution in [2.45, 2.75) is 25.8 Å². The molecule has 5 heteroatoms. The van der Waals surface area contributed by atoms with Crippen molar-refractivity contribution in [3.63, 3.8) is 0 Å². The van der Waals surface area contributed by atoms with Gasteiger partial charge in [0.05, 0.1) is 18.5 Å². The molecule has 0 saturated carbocycles. The number of hydrogen-bond acceptors (Lipinski definition) is 5. The maximum atomic E-state index is 5.45. The number of piperidine rings is 1. The van der Waals surface area contributed by atoms with Crippen LogP contribution in [-0.4, -0.2) is 55.9 Å². The minimum Gasteiger partial charge on any atom is -0.475 e. The van der Waals surface area contributed by atoms with E-state index in [4.69, 9.17) is 9.47 Å². The average molecular weight is 279 g/mol. The van der Waals surface area contributed by atoms with Gasteiger partial charge in [-0.15, -0.1) is 0 Å². The van der Waals surface area contributed by atoms with Crippen LogP contribution in [0.25, 0.3) is 0 Å². The predicted octanol–water partition coefficient (Wildman–Crippen LogP) is 2.00. The molecule has 0 aromatic carbocycles. The van der Waals surface area contributed by atoms with Crippen molar-refractivity contribution >= 4 is 5.69 Å². The Morgan fingerprint density at radius 3 is 2.70 bits per heavy atom. The van der Waals surface area contributed by atoms with Crippen LogP contribution in [0.5, 0.6) is 5.88 Å². The Bertz CT molecular complexity index is 375. The zero-order chi connectivity index (χ0) is 14.2. The summed E-state index contributed by atoms with van der Waals surface area (Å²) in [6, 6.07) is 4.49. The van der Waals surface area contributed by atoms with Crippen LogP contribution in [0, 0.1) is 0 Å². The molecule has 20 heavy (non-hydrogen) atoms. The summed E-state index contributed by atoms with van der Waals surface area (Å²) in [6.45, 7) is 6.85. The van der Waals surface area contributed by atoms with Crippen LogP contribution in [0.15, 0.2) is 18.3 Å². The lowest BCUT2D eigenvalue weighted by Gasteiger charge is -2.31. The summed E-state index contributed by atoms with van der Waals surface area (Å²) < 4.78 is 10.4. The van der Waals surface area contributed by atoms with Crippen LogP contribution in [0.3, 0.4) is 0 Å². The summed E-state index contributed by atoms with van der Waals surface area (Å²) in [5.74, 6) is 0.647. The lowest BCUT2D eigenvalue weighted by molar-refractivity contribution is 0.144. The lowest BCUT2D eigenvalue weighted by Crippen LogP contribution is -2.38. The number of methoxy groups -OCH3 is 1. The molecule has 0 atom stereocenters. The highest BCUT2D eigenvalue weighted by Gasteiger charge is 2.17. The number of ether oxygens (including phenoxy) is 2. The fraction of sp³-hybridized carbons (Fsp3) is 0.667. The van der Waals surface area contributed by atoms with Gasteiger partial charge in [-0.25, -0.2) is 4.98 Å². The molecule has 0 amide bonds. The molecule has 0 spiro atoms. The quantitative estimate of drug-likeness (QED) is 0.774. The summed E-state index contributed by atoms with van der Waals surface area (Å²) in [4.78, 5) is 6.79. The number of aromatic nitrogens is 1. The number of nitrogens with one attached hydrogen (secondary N) is 1. The van der Waals surface area contributed by atoms with Crippen molar-refractivity contribution in [2.75, 3.05) is 45.3 Å². The fourth-order valence-corrected chi connectivity index (χ4v) is 2.41. The molecule has 1 saturated heterocycles. The van der Waals surface area contributed by atoms with Crippen molar-refractivity contribution in [1.82, 2.24) is 9.88 Å². The number of anilines is 1. The SMILES string of the molecule is CCN1CCC(Nc2ccc(OCCOC)nc2)CC1. The largest absolute Gasteiger partial charge is 0.475 e. The van der Waals surface area contributed by atoms with Gasteiger partial charge in [-0.2, -0.15) is 0 Å². The van der Waals surface area contributed by atoms with Gasteiger partial charge >= 0.3 is 0 Å². The Hall–Kier alpha value is -1.33. The van der Waals surface area contributed by atoms with Gasteiger partial charge in [-0.05, 0) is 25.5 Å². The zero-order valence-corrected chi connectivity index (χ0v) is 12.5. The molecule has 2 heterocycles. The average Bonchev–Trinajstić information content (AvgIpc) is 2.50. The van der Waals surface area contributed by atoms with Gasteiger partial charge in [0.15, 0.2) is 0 Å². The molecule has 0 aliphatic carbocycles. The van der Waals surface area contributed by atoms with Crippen LogP contribution in [-0.2, 0) is 4.74 Å². The Morgan fingerprint density at radius 2 is 2.10 bits per heavy atom. The number of likely N-dealkylation sites (tertiary alicyclic amines) is 1. The van der Waals surface area contributed by atoms with E-state index in [1.807, 2.05) is 18.3 Å². The van der Waals surface area contributed by atoms with Crippen molar-refractivity contribution in [3.8, 4) is 5.88 Å². The number of pyridine rings is 1. The molecule has 112 valence electrons. The van der Waals surface area contributed by atoms with Crippen LogP contribution < -0.4 is 10.1 Å². The minimum absolute atomic E-state index is 0.533. The normalized spacial score (nSPS) is 17.1. The summed E-state index contributed by atoms with van der Waals surface area (Å²) >= 11 is 0. The molecule has 5 nitrogen and oxygen atoms in total. The maximum Gasteiger partial charge on any atom is 0.213 e. The molecule has 2 rings (SSSR count). The van der Waals surface area contributed by atoms with E-state index in [-0.39, 0.29) is 0 Å². The first-order chi connectivity index (χ1) is 9.81. The second-order valence-corrected chi connectivity index (χ2v) is 5.08. The van der Waals surface area contributed by atoms with E-state index >= 15 is 0 Å². The third-order valence-corrected chi connectivity index (χ3v) is 3.68. The predicted molar refractivity (Wildman–Crippen MR) is 80.4 cm³/mol. The van der Waals surface area contributed by atoms with Crippen molar-refractivity contribution < 1.29 is 9.47 Å². The van der Waals surface area contributed by atoms with Gasteiger partial charge in [0.25, 0.3) is 0 Å². The molecule has 1 aromatic heterocycles. The summed E-state index contributed by atoms with van der Waals surface area (Å²) in [7, 11) is 1.66. The van der Waals surface area contributed by atoms with E-state index in [1.54, 1.807) is 7.11 Å². The third kappa shape index (κ3) is 4.65. The summed E-state index contributed by atoms with van der Waals surface area (Å²) in [5.41, 5.74) is 1.07. The number of nitrogens with zero attached hydrogens (tertiary/aromatic N) is 2. The van der Waals surface area contributed by atoms with E-state index in [2.05, 4.69) is 22.1 Å². The number of rotatable bonds is 7. The van der Waals surface area contributed by atoms with Crippen molar-refractivity contribution in [3.05, 3.63) is 18.3 Å². The molecule has 1 N–H and O–H groups in total. The van der Waals surface area contributed by atoms with Gasteiger partial charge in [0.1, 0.15) is 6.61 Å². The van der Waals surface area contributed by atoms with Gasteiger partial charge in [-0.1, -0.05) is 6.92 Å². The minimum atomic E-state index is 0.533. The molecule has 0 radical (unpaired) electrons. The van der Waals surface area contributed by atoms with Crippen LogP contribution >= 0.6 is 0 Å². The van der Waals surface area contributed by atoms with E-state index in [0.29, 0.717) is 25.1 Å². The highest BCUT2D eigenvalue weighted by Crippen LogP contribution is 2.17. The molecular weight excluding hydrogens is 254 g/mol. The van der Waals surface area contributed by atoms with Crippen molar-refractivity contribution in [1.29, 1.82) is 0 Å². The molecule has 1 fully saturated rings. The Morgan fingerprint density at radius 1 is 1.30 bits per heavy atom. The van der Waals surface area contributed by atoms with E-state index < -0.39 is 0 Å². The second kappa shape index (κ2) is 8.07. The van der Waals surface area contributed by atoms with E-state index in [0.717, 1.165) is 12.2 Å². The first kappa shape index (κ1) is 15.1. The van der Waals surface area contributed by atoms with Crippen LogP contribution in [0.1, 0.15) is 19.8 Å². The Balaban J connectivity index is 1.76. The third-order valence-electron chi connectivity index (χ3n) is 3.68. The van der Waals surface area contributed by atoms with Crippen molar-refractivity contribution in [2.24, 2.45) is 0 Å². The van der Waals surface area contributed by atoms with Gasteiger partial charge in [-0.3, -0.25) is 0 Å². The molecular formula is C15H25N3O2. The van der Waals surface area contributed by atoms with Gasteiger partial charge in [0, 0.05) is 32.3 Å². The molecule has 0 unspecified atom stereocenters. The Kier molecular flexibility index (Phi) is 6.08. The smallest absolute Gasteiger partial charge is 0.213 e. The molecule has 1 aromatic rings. The van der Waals surface area contributed by atoms with Gasteiger partial charge in [0.2, 0.25) is 5.88 Å². The maximum absolute atomic E-state index is 5.45. The standard InChI is InChI=1S/C15H25N3O2/c1-3-18-8-6-13(7-9-18)17-14-4-5-15(16-12-14)20-11-10-19-2/h4-5,12-13,17H,3,6-11H2,1-2H3. The monoisotopic (exact) mass is 279 g/mol. The van der Waals surface area contributed by atoms with Crippen LogP contribution in [0.2, 0.25) is 0 Å². The van der Waals surface area contributed by atoms with E-state index in [9.17, 15) is 0 Å². The van der Waals surface area contributed by atoms with Gasteiger partial charge < -0.3 is 19.7 Å². The van der Waals surface area contributed by atoms with Crippen LogP contribution in [0.4, 0.5) is 5.69 Å². The Labute approximate surface area is 121 Å². The first-order valence-corrected chi connectivity index (χ1v) is 7.38. The molecule has 1 aliphatic heterocycles. The first-order valence-electron chi connectivity index (χ1n) is 7.38. The highest BCUT2D eigenvalue weighted by atomic mass is 16.5. The zero-order valence-electron chi connectivity index (χ0n) is 12.5. The topological polar surface area (TPSA) is 46.6 Å². The van der Waals surface area contributed by atoms with E-state index in [1.165, 1.54) is 25.9 Å². The summed E-state index contributed by atoms with van der Waals surface area (Å²) in [6.07, 6.45) is 4.23. The molecule has 0 bridgehead atoms. The summed E-state index contributed by atoms with van der Waals surface area (Å²) in [5, 5.41) is 3.55. The fourth-order valence-electron chi connectivity index (χ4n) is 2.41. The lowest BCUT2D eigenvalue weighted by atomic mass is 10.0. The molecule has 1 aliphatic rings. The second-order valence-electron chi connectivity index (χ2n) is 5.08. The highest BCUT2D eigenvalue weighted by molar-refractivity contribution is 5.43. The number of hydrogen-bond donors (Lipinski definition) is 1.